The molecule has 1 radical (unpaired) electrons. The lowest BCUT2D eigenvalue weighted by Gasteiger charge is -2.33. The summed E-state index contributed by atoms with van der Waals surface area (Å²) in [6, 6.07) is -0.964. The highest BCUT2D eigenvalue weighted by Gasteiger charge is 2.41. The molecule has 2 rings (SSSR count). The van der Waals surface area contributed by atoms with Crippen molar-refractivity contribution in [2.75, 3.05) is 6.54 Å². The first kappa shape index (κ1) is 15.7. The number of carbonyl (C=O) groups is 1. The van der Waals surface area contributed by atoms with Crippen molar-refractivity contribution in [2.45, 2.75) is 46.1 Å². The van der Waals surface area contributed by atoms with Gasteiger partial charge in [0, 0.05) is 13.1 Å². The summed E-state index contributed by atoms with van der Waals surface area (Å²) in [4.78, 5) is 13.6. The Bertz CT molecular complexity index is 546. The number of amides is 1. The van der Waals surface area contributed by atoms with Gasteiger partial charge in [0.1, 0.15) is 6.04 Å². The molecule has 117 valence electrons. The topological polar surface area (TPSA) is 74.8 Å². The Labute approximate surface area is 120 Å². The lowest BCUT2D eigenvalue weighted by Crippen LogP contribution is -2.48. The molecule has 0 spiro atoms. The van der Waals surface area contributed by atoms with Gasteiger partial charge >= 0.3 is 6.18 Å². The van der Waals surface area contributed by atoms with Crippen LogP contribution in [0.3, 0.4) is 0 Å². The fourth-order valence-corrected chi connectivity index (χ4v) is 2.11. The number of aromatic nitrogens is 3. The third kappa shape index (κ3) is 3.02. The summed E-state index contributed by atoms with van der Waals surface area (Å²) >= 11 is 0. The molecule has 9 heteroatoms. The summed E-state index contributed by atoms with van der Waals surface area (Å²) < 4.78 is 39.1. The van der Waals surface area contributed by atoms with Gasteiger partial charge in [0.25, 0.3) is 0 Å². The first-order valence-electron chi connectivity index (χ1n) is 6.51. The molecule has 6 nitrogen and oxygen atoms in total. The molecule has 1 unspecified atom stereocenters. The highest BCUT2D eigenvalue weighted by molar-refractivity contribution is 5.82. The third-order valence-corrected chi connectivity index (χ3v) is 3.43. The molecule has 0 aliphatic carbocycles. The van der Waals surface area contributed by atoms with Crippen LogP contribution in [0.1, 0.15) is 32.4 Å². The maximum atomic E-state index is 12.7. The summed E-state index contributed by atoms with van der Waals surface area (Å²) in [7, 11) is 0. The average Bonchev–Trinajstić information content (AvgIpc) is 2.78. The second-order valence-electron chi connectivity index (χ2n) is 6.15. The normalized spacial score (nSPS) is 17.6. The first-order valence-corrected chi connectivity index (χ1v) is 6.51. The summed E-state index contributed by atoms with van der Waals surface area (Å²) in [6.07, 6.45) is -4.55. The minimum absolute atomic E-state index is 0.0141. The highest BCUT2D eigenvalue weighted by atomic mass is 19.4. The maximum absolute atomic E-state index is 12.7. The predicted molar refractivity (Wildman–Crippen MR) is 66.8 cm³/mol. The van der Waals surface area contributed by atoms with E-state index in [1.54, 1.807) is 20.8 Å². The van der Waals surface area contributed by atoms with E-state index in [1.807, 2.05) is 0 Å². The molecule has 1 aromatic heterocycles. The van der Waals surface area contributed by atoms with Gasteiger partial charge in [-0.15, -0.1) is 10.2 Å². The van der Waals surface area contributed by atoms with Crippen molar-refractivity contribution in [3.8, 4) is 0 Å². The molecule has 1 aliphatic rings. The Morgan fingerprint density at radius 2 is 1.86 bits per heavy atom. The molecule has 21 heavy (non-hydrogen) atoms. The Morgan fingerprint density at radius 3 is 2.38 bits per heavy atom. The number of nitrogens with one attached hydrogen (secondary N) is 1. The molecule has 0 aromatic carbocycles. The zero-order valence-corrected chi connectivity index (χ0v) is 12.0. The van der Waals surface area contributed by atoms with Crippen LogP contribution >= 0.6 is 0 Å². The number of rotatable bonds is 1. The van der Waals surface area contributed by atoms with E-state index in [9.17, 15) is 18.0 Å². The van der Waals surface area contributed by atoms with Gasteiger partial charge in [-0.05, 0) is 5.41 Å². The van der Waals surface area contributed by atoms with Crippen LogP contribution < -0.4 is 5.73 Å². The largest absolute Gasteiger partial charge is 0.451 e. The molecular weight excluding hydrogens is 287 g/mol. The van der Waals surface area contributed by atoms with E-state index < -0.39 is 29.4 Å². The van der Waals surface area contributed by atoms with E-state index in [0.29, 0.717) is 0 Å². The van der Waals surface area contributed by atoms with Crippen LogP contribution in [0.15, 0.2) is 0 Å². The van der Waals surface area contributed by atoms with E-state index in [0.717, 1.165) is 4.57 Å². The maximum Gasteiger partial charge on any atom is 0.451 e. The second-order valence-corrected chi connectivity index (χ2v) is 6.15. The Balaban J connectivity index is 2.18. The lowest BCUT2D eigenvalue weighted by molar-refractivity contribution is -0.148. The van der Waals surface area contributed by atoms with Gasteiger partial charge in [0.05, 0.1) is 6.54 Å². The van der Waals surface area contributed by atoms with Gasteiger partial charge < -0.3 is 9.47 Å². The number of hydrogen-bond donors (Lipinski definition) is 0. The number of hydrogen-bond acceptors (Lipinski definition) is 3. The fourth-order valence-electron chi connectivity index (χ4n) is 2.11. The van der Waals surface area contributed by atoms with E-state index in [1.165, 1.54) is 4.90 Å². The van der Waals surface area contributed by atoms with Crippen molar-refractivity contribution >= 4 is 5.91 Å². The number of halogens is 3. The van der Waals surface area contributed by atoms with Crippen molar-refractivity contribution in [3.05, 3.63) is 11.6 Å². The lowest BCUT2D eigenvalue weighted by atomic mass is 9.86. The van der Waals surface area contributed by atoms with Crippen molar-refractivity contribution in [1.29, 1.82) is 0 Å². The van der Waals surface area contributed by atoms with Crippen molar-refractivity contribution in [1.82, 2.24) is 25.4 Å². The highest BCUT2D eigenvalue weighted by Crippen LogP contribution is 2.30. The predicted octanol–water partition coefficient (Wildman–Crippen LogP) is 1.34. The van der Waals surface area contributed by atoms with Gasteiger partial charge in [-0.2, -0.15) is 13.2 Å². The molecule has 0 saturated carbocycles. The zero-order valence-electron chi connectivity index (χ0n) is 12.0. The molecule has 0 bridgehead atoms. The number of nitrogens with zero attached hydrogens (tertiary/aromatic N) is 4. The van der Waals surface area contributed by atoms with Crippen LogP contribution in [-0.4, -0.2) is 38.2 Å². The molecule has 1 aliphatic heterocycles. The average molecular weight is 304 g/mol. The van der Waals surface area contributed by atoms with Crippen molar-refractivity contribution < 1.29 is 18.0 Å². The summed E-state index contributed by atoms with van der Waals surface area (Å²) in [5.41, 5.74) is 7.41. The number of alkyl halides is 3. The minimum atomic E-state index is -4.55. The quantitative estimate of drug-likeness (QED) is 0.785. The van der Waals surface area contributed by atoms with E-state index in [4.69, 9.17) is 5.73 Å². The van der Waals surface area contributed by atoms with E-state index in [2.05, 4.69) is 10.2 Å². The fraction of sp³-hybridized carbons (Fsp3) is 0.750. The molecule has 1 amide bonds. The summed E-state index contributed by atoms with van der Waals surface area (Å²) in [6.45, 7) is 5.38. The standard InChI is InChI=1S/C12H17F3N5O/c1-11(2,3)8(16)9(21)19-4-5-20-7(6-19)17-18-10(20)12(13,14)15/h8,16H,4-6H2,1-3H3. The van der Waals surface area contributed by atoms with Crippen molar-refractivity contribution in [3.63, 3.8) is 0 Å². The van der Waals surface area contributed by atoms with Crippen LogP contribution in [0.4, 0.5) is 13.2 Å². The number of fused-ring (bicyclic) bond motifs is 1. The molecule has 1 atom stereocenters. The summed E-state index contributed by atoms with van der Waals surface area (Å²) in [5, 5.41) is 6.67. The van der Waals surface area contributed by atoms with E-state index >= 15 is 0 Å². The van der Waals surface area contributed by atoms with Crippen LogP contribution in [0.2, 0.25) is 0 Å². The van der Waals surface area contributed by atoms with Crippen molar-refractivity contribution in [2.24, 2.45) is 5.41 Å². The van der Waals surface area contributed by atoms with Crippen LogP contribution in [-0.2, 0) is 24.1 Å². The second kappa shape index (κ2) is 4.97. The molecule has 0 saturated heterocycles. The van der Waals surface area contributed by atoms with Crippen LogP contribution in [0.5, 0.6) is 0 Å². The third-order valence-electron chi connectivity index (χ3n) is 3.43. The molecule has 2 heterocycles. The molecule has 1 aromatic rings. The minimum Gasteiger partial charge on any atom is -0.332 e. The monoisotopic (exact) mass is 304 g/mol. The van der Waals surface area contributed by atoms with Gasteiger partial charge in [-0.1, -0.05) is 20.8 Å². The molecular formula is C12H17F3N5O. The van der Waals surface area contributed by atoms with Gasteiger partial charge in [0.2, 0.25) is 11.7 Å². The molecule has 0 fully saturated rings. The Hall–Kier alpha value is -1.64. The SMILES string of the molecule is CC(C)(C)C([NH])C(=O)N1CCn2c(nnc2C(F)(F)F)C1. The van der Waals surface area contributed by atoms with Gasteiger partial charge in [0.15, 0.2) is 5.82 Å². The smallest absolute Gasteiger partial charge is 0.332 e. The number of carbonyl (C=O) groups excluding carboxylic acids is 1. The Morgan fingerprint density at radius 1 is 1.24 bits per heavy atom. The van der Waals surface area contributed by atoms with Gasteiger partial charge in [-0.3, -0.25) is 4.79 Å². The Kier molecular flexibility index (Phi) is 3.73. The van der Waals surface area contributed by atoms with Crippen LogP contribution in [0.25, 0.3) is 0 Å². The zero-order chi connectivity index (χ0) is 16.0. The van der Waals surface area contributed by atoms with Crippen LogP contribution in [0, 0.1) is 5.41 Å². The van der Waals surface area contributed by atoms with Gasteiger partial charge in [-0.25, -0.2) is 5.73 Å². The van der Waals surface area contributed by atoms with E-state index in [-0.39, 0.29) is 25.5 Å². The molecule has 1 N–H and O–H groups in total. The summed E-state index contributed by atoms with van der Waals surface area (Å²) in [5.74, 6) is -1.34. The first-order chi connectivity index (χ1) is 9.51.